The predicted octanol–water partition coefficient (Wildman–Crippen LogP) is -1.60. The van der Waals surface area contributed by atoms with E-state index in [0.717, 1.165) is 0 Å². The Labute approximate surface area is 87.7 Å². The summed E-state index contributed by atoms with van der Waals surface area (Å²) >= 11 is 0. The Kier molecular flexibility index (Phi) is 4.01. The van der Waals surface area contributed by atoms with Crippen LogP contribution < -0.4 is 10.6 Å². The van der Waals surface area contributed by atoms with Gasteiger partial charge in [-0.1, -0.05) is 6.92 Å². The van der Waals surface area contributed by atoms with Crippen molar-refractivity contribution < 1.29 is 19.4 Å². The van der Waals surface area contributed by atoms with Crippen molar-refractivity contribution in [1.82, 2.24) is 10.6 Å². The molecule has 1 rings (SSSR count). The first-order valence-corrected chi connectivity index (χ1v) is 4.93. The number of carbonyl (C=O) groups excluding carboxylic acids is 1. The van der Waals surface area contributed by atoms with E-state index in [1.807, 2.05) is 0 Å². The number of likely N-dealkylation sites (N-methyl/N-ethyl adjacent to an activating group) is 1. The Hall–Kier alpha value is -0.720. The summed E-state index contributed by atoms with van der Waals surface area (Å²) in [5, 5.41) is 23.6. The average molecular weight is 220 g/mol. The fourth-order valence-electron chi connectivity index (χ4n) is 1.82. The van der Waals surface area contributed by atoms with Crippen LogP contribution in [0, 0.1) is 5.92 Å². The van der Waals surface area contributed by atoms with E-state index < -0.39 is 42.8 Å². The number of aliphatic hydroxyl groups is 2. The van der Waals surface area contributed by atoms with Crippen molar-refractivity contribution in [3.63, 3.8) is 0 Å². The van der Waals surface area contributed by atoms with E-state index in [4.69, 9.17) is 5.11 Å². The zero-order valence-corrected chi connectivity index (χ0v) is 8.77. The summed E-state index contributed by atoms with van der Waals surface area (Å²) in [6, 6.07) is -1.67. The van der Waals surface area contributed by atoms with Crippen LogP contribution in [0.4, 0.5) is 4.39 Å². The number of carbonyl (C=O) groups is 1. The summed E-state index contributed by atoms with van der Waals surface area (Å²) in [6.07, 6.45) is -2.44. The zero-order chi connectivity index (χ0) is 11.6. The van der Waals surface area contributed by atoms with Gasteiger partial charge in [-0.2, -0.15) is 0 Å². The molecular weight excluding hydrogens is 203 g/mol. The van der Waals surface area contributed by atoms with Crippen LogP contribution in [0.3, 0.4) is 0 Å². The first-order valence-electron chi connectivity index (χ1n) is 4.93. The first kappa shape index (κ1) is 12.4. The van der Waals surface area contributed by atoms with E-state index in [-0.39, 0.29) is 0 Å². The lowest BCUT2D eigenvalue weighted by molar-refractivity contribution is -0.130. The molecule has 0 aliphatic carbocycles. The van der Waals surface area contributed by atoms with Crippen LogP contribution in [-0.2, 0) is 4.79 Å². The zero-order valence-electron chi connectivity index (χ0n) is 8.77. The molecule has 88 valence electrons. The normalized spacial score (nSPS) is 41.3. The largest absolute Gasteiger partial charge is 0.395 e. The first-order chi connectivity index (χ1) is 7.02. The van der Waals surface area contributed by atoms with Crippen molar-refractivity contribution in [2.45, 2.75) is 31.3 Å². The minimum atomic E-state index is -1.36. The minimum Gasteiger partial charge on any atom is -0.395 e. The number of hydrogen-bond donors (Lipinski definition) is 4. The number of hydrogen-bond acceptors (Lipinski definition) is 4. The fourth-order valence-corrected chi connectivity index (χ4v) is 1.82. The molecule has 1 amide bonds. The Balaban J connectivity index is 2.78. The van der Waals surface area contributed by atoms with E-state index in [1.54, 1.807) is 0 Å². The van der Waals surface area contributed by atoms with E-state index >= 15 is 0 Å². The van der Waals surface area contributed by atoms with Crippen molar-refractivity contribution in [2.75, 3.05) is 13.7 Å². The molecule has 5 atom stereocenters. The second-order valence-electron chi connectivity index (χ2n) is 3.84. The van der Waals surface area contributed by atoms with Gasteiger partial charge in [0.2, 0.25) is 5.91 Å². The smallest absolute Gasteiger partial charge is 0.239 e. The van der Waals surface area contributed by atoms with Crippen molar-refractivity contribution in [3.05, 3.63) is 0 Å². The highest BCUT2D eigenvalue weighted by Crippen LogP contribution is 2.23. The van der Waals surface area contributed by atoms with Crippen LogP contribution in [0.2, 0.25) is 0 Å². The highest BCUT2D eigenvalue weighted by molar-refractivity contribution is 5.82. The number of piperidine rings is 1. The van der Waals surface area contributed by atoms with E-state index in [1.165, 1.54) is 14.0 Å². The van der Waals surface area contributed by atoms with Gasteiger partial charge in [0.05, 0.1) is 18.8 Å². The molecule has 0 spiro atoms. The molecule has 6 heteroatoms. The third kappa shape index (κ3) is 2.27. The van der Waals surface area contributed by atoms with Gasteiger partial charge in [0.25, 0.3) is 0 Å². The SMILES string of the molecule is CNC(=O)[C@H]1N[C@H](CO)[C@H](F)[C@H](C)[C@@H]1O. The topological polar surface area (TPSA) is 81.6 Å². The molecule has 1 heterocycles. The second-order valence-corrected chi connectivity index (χ2v) is 3.84. The molecule has 0 aromatic carbocycles. The van der Waals surface area contributed by atoms with Crippen LogP contribution in [-0.4, -0.2) is 54.1 Å². The Morgan fingerprint density at radius 3 is 2.67 bits per heavy atom. The molecule has 1 aliphatic heterocycles. The number of alkyl halides is 1. The third-order valence-corrected chi connectivity index (χ3v) is 2.89. The van der Waals surface area contributed by atoms with Crippen LogP contribution in [0.25, 0.3) is 0 Å². The molecule has 0 unspecified atom stereocenters. The summed E-state index contributed by atoms with van der Waals surface area (Å²) < 4.78 is 13.5. The Morgan fingerprint density at radius 1 is 1.60 bits per heavy atom. The Bertz CT molecular complexity index is 237. The number of aliphatic hydroxyl groups excluding tert-OH is 2. The van der Waals surface area contributed by atoms with Gasteiger partial charge >= 0.3 is 0 Å². The van der Waals surface area contributed by atoms with Gasteiger partial charge in [-0.25, -0.2) is 4.39 Å². The van der Waals surface area contributed by atoms with Crippen LogP contribution >= 0.6 is 0 Å². The molecule has 0 radical (unpaired) electrons. The molecule has 0 aromatic heterocycles. The number of nitrogens with one attached hydrogen (secondary N) is 2. The van der Waals surface area contributed by atoms with Gasteiger partial charge < -0.3 is 15.5 Å². The monoisotopic (exact) mass is 220 g/mol. The lowest BCUT2D eigenvalue weighted by Gasteiger charge is -2.39. The summed E-state index contributed by atoms with van der Waals surface area (Å²) in [6.45, 7) is 1.13. The lowest BCUT2D eigenvalue weighted by atomic mass is 9.84. The highest BCUT2D eigenvalue weighted by atomic mass is 19.1. The standard InChI is InChI=1S/C9H17FN2O3/c1-4-6(10)5(3-13)12-7(8(4)14)9(15)11-2/h4-8,12-14H,3H2,1-2H3,(H,11,15)/t4-,5+,6+,7-,8-/m0/s1. The van der Waals surface area contributed by atoms with Crippen LogP contribution in [0.5, 0.6) is 0 Å². The molecule has 1 saturated heterocycles. The summed E-state index contributed by atoms with van der Waals surface area (Å²) in [7, 11) is 1.44. The average Bonchev–Trinajstić information content (AvgIpc) is 2.25. The van der Waals surface area contributed by atoms with Crippen LogP contribution in [0.15, 0.2) is 0 Å². The molecular formula is C9H17FN2O3. The van der Waals surface area contributed by atoms with Crippen molar-refractivity contribution in [3.8, 4) is 0 Å². The van der Waals surface area contributed by atoms with Gasteiger partial charge in [-0.05, 0) is 0 Å². The molecule has 4 N–H and O–H groups in total. The van der Waals surface area contributed by atoms with Gasteiger partial charge in [0.15, 0.2) is 0 Å². The summed E-state index contributed by atoms with van der Waals surface area (Å²) in [4.78, 5) is 11.4. The maximum Gasteiger partial charge on any atom is 0.239 e. The maximum atomic E-state index is 13.5. The maximum absolute atomic E-state index is 13.5. The second kappa shape index (κ2) is 4.87. The molecule has 1 fully saturated rings. The number of rotatable bonds is 2. The third-order valence-electron chi connectivity index (χ3n) is 2.89. The van der Waals surface area contributed by atoms with Gasteiger partial charge in [0.1, 0.15) is 12.2 Å². The summed E-state index contributed by atoms with van der Waals surface area (Å²) in [5.74, 6) is -1.08. The van der Waals surface area contributed by atoms with Gasteiger partial charge in [0, 0.05) is 13.0 Å². The van der Waals surface area contributed by atoms with Gasteiger partial charge in [-0.15, -0.1) is 0 Å². The Morgan fingerprint density at radius 2 is 2.20 bits per heavy atom. The predicted molar refractivity (Wildman–Crippen MR) is 51.9 cm³/mol. The number of amides is 1. The van der Waals surface area contributed by atoms with Crippen LogP contribution in [0.1, 0.15) is 6.92 Å². The molecule has 5 nitrogen and oxygen atoms in total. The molecule has 0 aromatic rings. The highest BCUT2D eigenvalue weighted by Gasteiger charge is 2.44. The fraction of sp³-hybridized carbons (Fsp3) is 0.889. The van der Waals surface area contributed by atoms with Crippen molar-refractivity contribution in [1.29, 1.82) is 0 Å². The van der Waals surface area contributed by atoms with Gasteiger partial charge in [-0.3, -0.25) is 10.1 Å². The molecule has 0 saturated carbocycles. The quantitative estimate of drug-likeness (QED) is 0.452. The van der Waals surface area contributed by atoms with Crippen molar-refractivity contribution >= 4 is 5.91 Å². The van der Waals surface area contributed by atoms with E-state index in [2.05, 4.69) is 10.6 Å². The summed E-state index contributed by atoms with van der Waals surface area (Å²) in [5.41, 5.74) is 0. The molecule has 1 aliphatic rings. The van der Waals surface area contributed by atoms with E-state index in [0.29, 0.717) is 0 Å². The minimum absolute atomic E-state index is 0.397. The van der Waals surface area contributed by atoms with Crippen molar-refractivity contribution in [2.24, 2.45) is 5.92 Å². The molecule has 0 bridgehead atoms. The van der Waals surface area contributed by atoms with E-state index in [9.17, 15) is 14.3 Å². The lowest BCUT2D eigenvalue weighted by Crippen LogP contribution is -2.65. The molecule has 15 heavy (non-hydrogen) atoms. The number of halogens is 1.